The first kappa shape index (κ1) is 9.58. The standard InChI is InChI=1S/C11H10NO3/c1-7-5-12-10-3-2-8(4-9(7)10)15-6-11(13)14/h2-5,12H,1,6H2,(H,13,14). The van der Waals surface area contributed by atoms with Crippen LogP contribution in [-0.4, -0.2) is 22.7 Å². The number of fused-ring (bicyclic) bond motifs is 1. The first-order valence-corrected chi connectivity index (χ1v) is 4.44. The number of aromatic nitrogens is 1. The molecule has 0 aliphatic heterocycles. The van der Waals surface area contributed by atoms with Crippen LogP contribution in [0.4, 0.5) is 0 Å². The van der Waals surface area contributed by atoms with E-state index in [1.165, 1.54) is 0 Å². The van der Waals surface area contributed by atoms with Crippen molar-refractivity contribution in [3.63, 3.8) is 0 Å². The van der Waals surface area contributed by atoms with Gasteiger partial charge in [0.25, 0.3) is 0 Å². The molecule has 1 radical (unpaired) electrons. The van der Waals surface area contributed by atoms with E-state index in [0.29, 0.717) is 5.75 Å². The fourth-order valence-electron chi connectivity index (χ4n) is 1.39. The molecule has 2 N–H and O–H groups in total. The molecule has 15 heavy (non-hydrogen) atoms. The third-order valence-corrected chi connectivity index (χ3v) is 2.10. The molecule has 0 amide bonds. The number of carboxylic acids is 1. The highest BCUT2D eigenvalue weighted by molar-refractivity contribution is 5.85. The van der Waals surface area contributed by atoms with Crippen LogP contribution in [0.25, 0.3) is 10.9 Å². The van der Waals surface area contributed by atoms with Crippen molar-refractivity contribution in [3.05, 3.63) is 36.9 Å². The summed E-state index contributed by atoms with van der Waals surface area (Å²) in [5.41, 5.74) is 1.83. The second-order valence-electron chi connectivity index (χ2n) is 3.20. The molecule has 0 saturated carbocycles. The highest BCUT2D eigenvalue weighted by Crippen LogP contribution is 2.22. The minimum Gasteiger partial charge on any atom is -0.482 e. The van der Waals surface area contributed by atoms with Gasteiger partial charge < -0.3 is 14.8 Å². The monoisotopic (exact) mass is 204 g/mol. The summed E-state index contributed by atoms with van der Waals surface area (Å²) >= 11 is 0. The van der Waals surface area contributed by atoms with Gasteiger partial charge in [0.1, 0.15) is 5.75 Å². The number of aromatic amines is 1. The molecule has 2 rings (SSSR count). The Bertz CT molecular complexity index is 502. The van der Waals surface area contributed by atoms with Crippen LogP contribution in [0.1, 0.15) is 5.56 Å². The number of H-pyrrole nitrogens is 1. The van der Waals surface area contributed by atoms with Crippen molar-refractivity contribution in [2.24, 2.45) is 0 Å². The van der Waals surface area contributed by atoms with Crippen LogP contribution in [0.15, 0.2) is 24.4 Å². The van der Waals surface area contributed by atoms with Gasteiger partial charge in [0.15, 0.2) is 6.61 Å². The minimum absolute atomic E-state index is 0.331. The van der Waals surface area contributed by atoms with Gasteiger partial charge in [-0.3, -0.25) is 0 Å². The first-order valence-electron chi connectivity index (χ1n) is 4.44. The molecule has 77 valence electrons. The lowest BCUT2D eigenvalue weighted by Crippen LogP contribution is -2.09. The van der Waals surface area contributed by atoms with E-state index in [4.69, 9.17) is 9.84 Å². The fourth-order valence-corrected chi connectivity index (χ4v) is 1.39. The molecule has 0 fully saturated rings. The molecule has 2 aromatic rings. The quantitative estimate of drug-likeness (QED) is 0.801. The molecule has 0 saturated heterocycles. The Balaban J connectivity index is 2.29. The maximum Gasteiger partial charge on any atom is 0.341 e. The predicted molar refractivity (Wildman–Crippen MR) is 55.9 cm³/mol. The molecular formula is C11H10NO3. The SMILES string of the molecule is [CH2]c1c[nH]c2ccc(OCC(=O)O)cc12. The lowest BCUT2D eigenvalue weighted by Gasteiger charge is -2.02. The summed E-state index contributed by atoms with van der Waals surface area (Å²) in [6.45, 7) is 3.51. The van der Waals surface area contributed by atoms with Gasteiger partial charge in [-0.1, -0.05) is 0 Å². The third-order valence-electron chi connectivity index (χ3n) is 2.10. The van der Waals surface area contributed by atoms with E-state index < -0.39 is 5.97 Å². The van der Waals surface area contributed by atoms with E-state index >= 15 is 0 Å². The summed E-state index contributed by atoms with van der Waals surface area (Å²) in [6, 6.07) is 5.33. The number of carboxylic acid groups (broad SMARTS) is 1. The number of hydrogen-bond acceptors (Lipinski definition) is 2. The number of carbonyl (C=O) groups is 1. The molecule has 1 heterocycles. The van der Waals surface area contributed by atoms with Gasteiger partial charge in [-0.25, -0.2) is 4.79 Å². The van der Waals surface area contributed by atoms with Crippen LogP contribution < -0.4 is 4.74 Å². The zero-order chi connectivity index (χ0) is 10.8. The number of ether oxygens (including phenoxy) is 1. The first-order chi connectivity index (χ1) is 7.16. The number of benzene rings is 1. The second kappa shape index (κ2) is 3.65. The van der Waals surface area contributed by atoms with Crippen LogP contribution in [0, 0.1) is 6.92 Å². The minimum atomic E-state index is -0.987. The molecule has 1 aromatic heterocycles. The summed E-state index contributed by atoms with van der Waals surface area (Å²) in [4.78, 5) is 13.4. The molecule has 4 nitrogen and oxygen atoms in total. The summed E-state index contributed by atoms with van der Waals surface area (Å²) in [7, 11) is 0. The van der Waals surface area contributed by atoms with Gasteiger partial charge >= 0.3 is 5.97 Å². The van der Waals surface area contributed by atoms with E-state index in [1.807, 2.05) is 6.07 Å². The Kier molecular flexibility index (Phi) is 2.33. The highest BCUT2D eigenvalue weighted by Gasteiger charge is 2.03. The van der Waals surface area contributed by atoms with Crippen LogP contribution in [0.3, 0.4) is 0 Å². The van der Waals surface area contributed by atoms with E-state index in [1.54, 1.807) is 18.3 Å². The van der Waals surface area contributed by atoms with Gasteiger partial charge in [0.05, 0.1) is 0 Å². The van der Waals surface area contributed by atoms with Crippen LogP contribution >= 0.6 is 0 Å². The van der Waals surface area contributed by atoms with Gasteiger partial charge in [-0.15, -0.1) is 0 Å². The highest BCUT2D eigenvalue weighted by atomic mass is 16.5. The Hall–Kier alpha value is -1.97. The van der Waals surface area contributed by atoms with E-state index in [9.17, 15) is 4.79 Å². The molecule has 0 atom stereocenters. The molecule has 0 aliphatic carbocycles. The maximum absolute atomic E-state index is 10.3. The Morgan fingerprint density at radius 3 is 3.07 bits per heavy atom. The number of nitrogens with one attached hydrogen (secondary N) is 1. The third kappa shape index (κ3) is 1.93. The van der Waals surface area contributed by atoms with E-state index in [0.717, 1.165) is 16.5 Å². The van der Waals surface area contributed by atoms with E-state index in [-0.39, 0.29) is 6.61 Å². The lowest BCUT2D eigenvalue weighted by atomic mass is 10.2. The molecular weight excluding hydrogens is 194 g/mol. The van der Waals surface area contributed by atoms with Gasteiger partial charge in [0.2, 0.25) is 0 Å². The molecule has 0 unspecified atom stereocenters. The molecule has 0 bridgehead atoms. The number of rotatable bonds is 3. The van der Waals surface area contributed by atoms with Crippen molar-refractivity contribution in [1.29, 1.82) is 0 Å². The summed E-state index contributed by atoms with van der Waals surface area (Å²) < 4.78 is 5.06. The van der Waals surface area contributed by atoms with Gasteiger partial charge in [-0.2, -0.15) is 0 Å². The van der Waals surface area contributed by atoms with Crippen LogP contribution in [0.5, 0.6) is 5.75 Å². The van der Waals surface area contributed by atoms with Crippen molar-refractivity contribution >= 4 is 16.9 Å². The van der Waals surface area contributed by atoms with Crippen LogP contribution in [-0.2, 0) is 4.79 Å². The summed E-state index contributed by atoms with van der Waals surface area (Å²) in [6.07, 6.45) is 1.80. The fraction of sp³-hybridized carbons (Fsp3) is 0.0909. The van der Waals surface area contributed by atoms with Crippen molar-refractivity contribution in [1.82, 2.24) is 4.98 Å². The molecule has 0 spiro atoms. The number of hydrogen-bond donors (Lipinski definition) is 2. The van der Waals surface area contributed by atoms with E-state index in [2.05, 4.69) is 11.9 Å². The van der Waals surface area contributed by atoms with Crippen molar-refractivity contribution in [3.8, 4) is 5.75 Å². The van der Waals surface area contributed by atoms with Crippen LogP contribution in [0.2, 0.25) is 0 Å². The van der Waals surface area contributed by atoms with Crippen molar-refractivity contribution < 1.29 is 14.6 Å². The Labute approximate surface area is 86.5 Å². The normalized spacial score (nSPS) is 10.5. The van der Waals surface area contributed by atoms with Crippen molar-refractivity contribution in [2.45, 2.75) is 0 Å². The van der Waals surface area contributed by atoms with Crippen molar-refractivity contribution in [2.75, 3.05) is 6.61 Å². The molecule has 1 aromatic carbocycles. The summed E-state index contributed by atoms with van der Waals surface area (Å²) in [5.74, 6) is -0.451. The molecule has 0 aliphatic rings. The largest absolute Gasteiger partial charge is 0.482 e. The Morgan fingerprint density at radius 1 is 1.53 bits per heavy atom. The second-order valence-corrected chi connectivity index (χ2v) is 3.20. The number of aliphatic carboxylic acids is 1. The average molecular weight is 204 g/mol. The summed E-state index contributed by atoms with van der Waals surface area (Å²) in [5, 5.41) is 9.40. The predicted octanol–water partition coefficient (Wildman–Crippen LogP) is 1.81. The average Bonchev–Trinajstić information content (AvgIpc) is 2.57. The lowest BCUT2D eigenvalue weighted by molar-refractivity contribution is -0.139. The Morgan fingerprint density at radius 2 is 2.33 bits per heavy atom. The maximum atomic E-state index is 10.3. The zero-order valence-corrected chi connectivity index (χ0v) is 7.99. The van der Waals surface area contributed by atoms with Gasteiger partial charge in [-0.05, 0) is 30.7 Å². The molecule has 4 heteroatoms. The smallest absolute Gasteiger partial charge is 0.341 e. The topological polar surface area (TPSA) is 62.3 Å². The van der Waals surface area contributed by atoms with Gasteiger partial charge in [0, 0.05) is 17.1 Å². The zero-order valence-electron chi connectivity index (χ0n) is 7.99.